The number of aryl methyl sites for hydroxylation is 1. The van der Waals surface area contributed by atoms with Gasteiger partial charge in [0.25, 0.3) is 5.56 Å². The van der Waals surface area contributed by atoms with Crippen LogP contribution >= 0.6 is 0 Å². The molecule has 7 nitrogen and oxygen atoms in total. The first-order valence-electron chi connectivity index (χ1n) is 12.8. The standard InChI is InChI=1S/C28H34N6O/c1-3-26(27-30-31-32-34(27)18-21-10-6-4-7-11-21)33(24-12-8-5-9-13-24)19-23-17-22-15-14-20(2)16-25(22)29-28(23)35/h4,6-7,10-11,14-17,24,26H,3,5,8-9,12-13,18-19H2,1-2H3,(H,29,35)/t26-/m0/s1. The zero-order valence-electron chi connectivity index (χ0n) is 20.7. The Labute approximate surface area is 206 Å². The highest BCUT2D eigenvalue weighted by Crippen LogP contribution is 2.33. The summed E-state index contributed by atoms with van der Waals surface area (Å²) in [6.45, 7) is 5.45. The van der Waals surface area contributed by atoms with Crippen LogP contribution in [-0.4, -0.2) is 36.1 Å². The van der Waals surface area contributed by atoms with E-state index in [-0.39, 0.29) is 11.6 Å². The lowest BCUT2D eigenvalue weighted by Crippen LogP contribution is -2.41. The van der Waals surface area contributed by atoms with Crippen molar-refractivity contribution in [2.24, 2.45) is 0 Å². The molecule has 1 fully saturated rings. The van der Waals surface area contributed by atoms with Crippen molar-refractivity contribution in [1.82, 2.24) is 30.1 Å². The van der Waals surface area contributed by atoms with Gasteiger partial charge in [0.1, 0.15) is 0 Å². The van der Waals surface area contributed by atoms with Gasteiger partial charge in [0, 0.05) is 23.7 Å². The molecule has 0 bridgehead atoms. The van der Waals surface area contributed by atoms with Crippen LogP contribution in [-0.2, 0) is 13.1 Å². The first-order chi connectivity index (χ1) is 17.1. The molecule has 0 radical (unpaired) electrons. The number of hydrogen-bond donors (Lipinski definition) is 1. The van der Waals surface area contributed by atoms with Crippen LogP contribution in [0.4, 0.5) is 0 Å². The van der Waals surface area contributed by atoms with Crippen molar-refractivity contribution >= 4 is 10.9 Å². The Hall–Kier alpha value is -3.32. The Morgan fingerprint density at radius 3 is 2.66 bits per heavy atom. The third-order valence-electron chi connectivity index (χ3n) is 7.29. The summed E-state index contributed by atoms with van der Waals surface area (Å²) in [6.07, 6.45) is 6.88. The van der Waals surface area contributed by atoms with E-state index in [2.05, 4.69) is 62.7 Å². The molecule has 0 unspecified atom stereocenters. The zero-order valence-corrected chi connectivity index (χ0v) is 20.7. The molecular formula is C28H34N6O. The van der Waals surface area contributed by atoms with Crippen LogP contribution in [0.3, 0.4) is 0 Å². The van der Waals surface area contributed by atoms with E-state index < -0.39 is 0 Å². The number of benzene rings is 2. The molecule has 7 heteroatoms. The maximum Gasteiger partial charge on any atom is 0.252 e. The maximum absolute atomic E-state index is 13.1. The minimum atomic E-state index is -0.0114. The van der Waals surface area contributed by atoms with Crippen molar-refractivity contribution in [3.05, 3.63) is 87.5 Å². The number of hydrogen-bond acceptors (Lipinski definition) is 5. The highest BCUT2D eigenvalue weighted by atomic mass is 16.1. The number of tetrazole rings is 1. The average Bonchev–Trinajstić information content (AvgIpc) is 3.33. The number of nitrogens with one attached hydrogen (secondary N) is 1. The van der Waals surface area contributed by atoms with Gasteiger partial charge in [-0.05, 0) is 65.3 Å². The van der Waals surface area contributed by atoms with Crippen LogP contribution in [0.25, 0.3) is 10.9 Å². The van der Waals surface area contributed by atoms with Gasteiger partial charge in [-0.25, -0.2) is 4.68 Å². The topological polar surface area (TPSA) is 79.7 Å². The fourth-order valence-electron chi connectivity index (χ4n) is 5.47. The van der Waals surface area contributed by atoms with Gasteiger partial charge in [-0.1, -0.05) is 68.7 Å². The number of fused-ring (bicyclic) bond motifs is 1. The number of rotatable bonds is 8. The van der Waals surface area contributed by atoms with E-state index in [4.69, 9.17) is 0 Å². The molecule has 0 spiro atoms. The molecular weight excluding hydrogens is 436 g/mol. The van der Waals surface area contributed by atoms with E-state index in [0.717, 1.165) is 47.1 Å². The molecule has 4 aromatic rings. The molecule has 1 atom stereocenters. The lowest BCUT2D eigenvalue weighted by Gasteiger charge is -2.39. The summed E-state index contributed by atoms with van der Waals surface area (Å²) < 4.78 is 1.92. The first kappa shape index (κ1) is 23.4. The number of nitrogens with zero attached hydrogens (tertiary/aromatic N) is 5. The fourth-order valence-corrected chi connectivity index (χ4v) is 5.47. The predicted octanol–water partition coefficient (Wildman–Crippen LogP) is 5.16. The van der Waals surface area contributed by atoms with Crippen molar-refractivity contribution in [3.63, 3.8) is 0 Å². The summed E-state index contributed by atoms with van der Waals surface area (Å²) in [6, 6.07) is 19.0. The molecule has 2 heterocycles. The number of H-pyrrole nitrogens is 1. The van der Waals surface area contributed by atoms with Gasteiger partial charge in [0.15, 0.2) is 5.82 Å². The third kappa shape index (κ3) is 5.20. The van der Waals surface area contributed by atoms with E-state index in [0.29, 0.717) is 19.1 Å². The zero-order chi connectivity index (χ0) is 24.2. The number of aromatic amines is 1. The van der Waals surface area contributed by atoms with Crippen LogP contribution < -0.4 is 5.56 Å². The third-order valence-corrected chi connectivity index (χ3v) is 7.29. The van der Waals surface area contributed by atoms with Crippen LogP contribution in [0.2, 0.25) is 0 Å². The van der Waals surface area contributed by atoms with Crippen LogP contribution in [0.5, 0.6) is 0 Å². The number of pyridine rings is 1. The van der Waals surface area contributed by atoms with E-state index in [1.165, 1.54) is 24.8 Å². The van der Waals surface area contributed by atoms with Gasteiger partial charge in [-0.3, -0.25) is 9.69 Å². The first-order valence-corrected chi connectivity index (χ1v) is 12.8. The van der Waals surface area contributed by atoms with Gasteiger partial charge in [-0.15, -0.1) is 5.10 Å². The van der Waals surface area contributed by atoms with Gasteiger partial charge in [0.2, 0.25) is 0 Å². The molecule has 0 saturated heterocycles. The highest BCUT2D eigenvalue weighted by Gasteiger charge is 2.32. The Balaban J connectivity index is 1.50. The van der Waals surface area contributed by atoms with Gasteiger partial charge in [-0.2, -0.15) is 0 Å². The Morgan fingerprint density at radius 2 is 1.89 bits per heavy atom. The molecule has 5 rings (SSSR count). The lowest BCUT2D eigenvalue weighted by molar-refractivity contribution is 0.0844. The maximum atomic E-state index is 13.1. The minimum absolute atomic E-state index is 0.0114. The largest absolute Gasteiger partial charge is 0.322 e. The highest BCUT2D eigenvalue weighted by molar-refractivity contribution is 5.79. The van der Waals surface area contributed by atoms with Crippen molar-refractivity contribution in [1.29, 1.82) is 0 Å². The molecule has 2 aromatic heterocycles. The SMILES string of the molecule is CC[C@@H](c1nnnn1Cc1ccccc1)N(Cc1cc2ccc(C)cc2[nH]c1=O)C1CCCCC1. The smallest absolute Gasteiger partial charge is 0.252 e. The fraction of sp³-hybridized carbons (Fsp3) is 0.429. The lowest BCUT2D eigenvalue weighted by atomic mass is 9.92. The van der Waals surface area contributed by atoms with Crippen LogP contribution in [0.1, 0.15) is 74.0 Å². The molecule has 35 heavy (non-hydrogen) atoms. The van der Waals surface area contributed by atoms with E-state index >= 15 is 0 Å². The summed E-state index contributed by atoms with van der Waals surface area (Å²) in [5, 5.41) is 14.0. The van der Waals surface area contributed by atoms with Crippen molar-refractivity contribution < 1.29 is 0 Å². The Kier molecular flexibility index (Phi) is 7.04. The van der Waals surface area contributed by atoms with E-state index in [1.807, 2.05) is 35.9 Å². The summed E-state index contributed by atoms with van der Waals surface area (Å²) in [5.74, 6) is 0.870. The van der Waals surface area contributed by atoms with Crippen LogP contribution in [0.15, 0.2) is 59.4 Å². The summed E-state index contributed by atoms with van der Waals surface area (Å²) in [7, 11) is 0. The summed E-state index contributed by atoms with van der Waals surface area (Å²) in [5.41, 5.74) is 3.99. The summed E-state index contributed by atoms with van der Waals surface area (Å²) in [4.78, 5) is 18.8. The second-order valence-electron chi connectivity index (χ2n) is 9.78. The molecule has 0 aliphatic heterocycles. The van der Waals surface area contributed by atoms with Crippen LogP contribution in [0, 0.1) is 6.92 Å². The molecule has 1 aliphatic rings. The number of aromatic nitrogens is 5. The van der Waals surface area contributed by atoms with Crippen molar-refractivity contribution in [3.8, 4) is 0 Å². The molecule has 182 valence electrons. The normalized spacial score (nSPS) is 15.6. The molecule has 2 aromatic carbocycles. The minimum Gasteiger partial charge on any atom is -0.322 e. The predicted molar refractivity (Wildman–Crippen MR) is 138 cm³/mol. The van der Waals surface area contributed by atoms with E-state index in [1.54, 1.807) is 0 Å². The van der Waals surface area contributed by atoms with E-state index in [9.17, 15) is 4.79 Å². The summed E-state index contributed by atoms with van der Waals surface area (Å²) >= 11 is 0. The Bertz CT molecular complexity index is 1320. The van der Waals surface area contributed by atoms with Gasteiger partial charge >= 0.3 is 0 Å². The van der Waals surface area contributed by atoms with Gasteiger partial charge in [0.05, 0.1) is 12.6 Å². The molecule has 1 N–H and O–H groups in total. The van der Waals surface area contributed by atoms with Crippen molar-refractivity contribution in [2.75, 3.05) is 0 Å². The Morgan fingerprint density at radius 1 is 1.09 bits per heavy atom. The van der Waals surface area contributed by atoms with Crippen molar-refractivity contribution in [2.45, 2.75) is 77.5 Å². The monoisotopic (exact) mass is 470 g/mol. The van der Waals surface area contributed by atoms with Gasteiger partial charge < -0.3 is 4.98 Å². The quantitative estimate of drug-likeness (QED) is 0.385. The molecule has 1 saturated carbocycles. The second kappa shape index (κ2) is 10.5. The molecule has 1 aliphatic carbocycles. The average molecular weight is 471 g/mol. The second-order valence-corrected chi connectivity index (χ2v) is 9.78. The molecule has 0 amide bonds.